The Morgan fingerprint density at radius 2 is 1.22 bits per heavy atom. The molecule has 6 rings (SSSR count). The number of imidazole rings is 2. The van der Waals surface area contributed by atoms with Crippen LogP contribution in [0.2, 0.25) is 0 Å². The van der Waals surface area contributed by atoms with Gasteiger partial charge in [-0.1, -0.05) is 18.2 Å². The van der Waals surface area contributed by atoms with Gasteiger partial charge < -0.3 is 13.2 Å². The average Bonchev–Trinajstić information content (AvgIpc) is 3.48. The van der Waals surface area contributed by atoms with Crippen molar-refractivity contribution in [2.24, 2.45) is 0 Å². The lowest BCUT2D eigenvalue weighted by molar-refractivity contribution is 1.15. The van der Waals surface area contributed by atoms with E-state index in [4.69, 9.17) is 0 Å². The monoisotopic (exact) mass is 353 g/mol. The molecule has 0 spiro atoms. The number of nitrogens with zero attached hydrogens (tertiary/aromatic N) is 5. The van der Waals surface area contributed by atoms with Crippen molar-refractivity contribution in [1.82, 2.24) is 23.2 Å². The predicted molar refractivity (Wildman–Crippen MR) is 108 cm³/mol. The molecule has 27 heavy (non-hydrogen) atoms. The third kappa shape index (κ3) is 4.04. The molecule has 0 N–H and O–H groups in total. The molecular weight excluding hydrogens is 334 g/mol. The Hall–Kier alpha value is -3.86. The smallest absolute Gasteiger partial charge is 0.136 e. The van der Waals surface area contributed by atoms with Gasteiger partial charge in [-0.25, -0.2) is 9.97 Å². The average molecular weight is 353 g/mol. The molecule has 132 valence electrons. The van der Waals surface area contributed by atoms with Gasteiger partial charge in [-0.2, -0.15) is 0 Å². The van der Waals surface area contributed by atoms with Crippen LogP contribution in [0, 0.1) is 0 Å². The lowest BCUT2D eigenvalue weighted by Crippen LogP contribution is -1.77. The summed E-state index contributed by atoms with van der Waals surface area (Å²) < 4.78 is 6.03. The van der Waals surface area contributed by atoms with Crippen molar-refractivity contribution in [2.75, 3.05) is 0 Å². The third-order valence-electron chi connectivity index (χ3n) is 4.06. The van der Waals surface area contributed by atoms with Gasteiger partial charge in [0, 0.05) is 42.7 Å². The van der Waals surface area contributed by atoms with Gasteiger partial charge in [0.25, 0.3) is 0 Å². The molecule has 6 heterocycles. The van der Waals surface area contributed by atoms with E-state index in [2.05, 4.69) is 26.5 Å². The highest BCUT2D eigenvalue weighted by Crippen LogP contribution is 2.01. The topological polar surface area (TPSA) is 39.0 Å². The second-order valence-corrected chi connectivity index (χ2v) is 5.86. The Morgan fingerprint density at radius 3 is 2.00 bits per heavy atom. The molecule has 6 aromatic heterocycles. The number of pyridine rings is 3. The first-order valence-electron chi connectivity index (χ1n) is 8.66. The van der Waals surface area contributed by atoms with Gasteiger partial charge in [0.05, 0.1) is 18.0 Å². The molecule has 0 unspecified atom stereocenters. The molecule has 0 bridgehead atoms. The van der Waals surface area contributed by atoms with Crippen molar-refractivity contribution in [1.29, 1.82) is 0 Å². The highest BCUT2D eigenvalue weighted by molar-refractivity contribution is 5.46. The molecule has 0 aliphatic carbocycles. The summed E-state index contributed by atoms with van der Waals surface area (Å²) in [5.74, 6) is 0. The number of hydrogen-bond donors (Lipinski definition) is 0. The summed E-state index contributed by atoms with van der Waals surface area (Å²) in [5, 5.41) is 0. The lowest BCUT2D eigenvalue weighted by Gasteiger charge is -1.88. The zero-order chi connectivity index (χ0) is 18.3. The molecule has 5 nitrogen and oxygen atoms in total. The van der Waals surface area contributed by atoms with E-state index in [1.807, 2.05) is 101 Å². The fraction of sp³-hybridized carbons (Fsp3) is 0. The van der Waals surface area contributed by atoms with Crippen molar-refractivity contribution in [3.63, 3.8) is 0 Å². The SMILES string of the molecule is c1ccn2cccc2c1.c1ccn2ccnc2c1.c1ccn2cncc2c1. The maximum atomic E-state index is 4.08. The predicted octanol–water partition coefficient (Wildman–Crippen LogP) is 4.61. The highest BCUT2D eigenvalue weighted by atomic mass is 15.0. The Labute approximate surface area is 156 Å². The first-order valence-corrected chi connectivity index (χ1v) is 8.66. The van der Waals surface area contributed by atoms with E-state index < -0.39 is 0 Å². The van der Waals surface area contributed by atoms with Crippen molar-refractivity contribution >= 4 is 16.7 Å². The second kappa shape index (κ2) is 8.01. The van der Waals surface area contributed by atoms with Crippen LogP contribution in [0.5, 0.6) is 0 Å². The molecule has 0 radical (unpaired) electrons. The van der Waals surface area contributed by atoms with Crippen molar-refractivity contribution < 1.29 is 0 Å². The van der Waals surface area contributed by atoms with E-state index >= 15 is 0 Å². The summed E-state index contributed by atoms with van der Waals surface area (Å²) >= 11 is 0. The van der Waals surface area contributed by atoms with Gasteiger partial charge in [0.15, 0.2) is 0 Å². The standard InChI is InChI=1S/C8H7N.2C7H6N2/c1-2-6-9-7-3-5-8(9)4-1;1-2-5-9-6-4-8-7(9)3-1;1-2-4-9-6-8-5-7(9)3-1/h1-7H;2*1-6H. The van der Waals surface area contributed by atoms with Crippen molar-refractivity contribution in [3.8, 4) is 0 Å². The van der Waals surface area contributed by atoms with Crippen LogP contribution in [0.1, 0.15) is 0 Å². The largest absolute Gasteiger partial charge is 0.324 e. The first-order chi connectivity index (χ1) is 13.4. The molecule has 6 aromatic rings. The molecule has 0 saturated heterocycles. The Balaban J connectivity index is 0.0000001000. The fourth-order valence-electron chi connectivity index (χ4n) is 2.71. The molecule has 0 aliphatic rings. The molecular formula is C22H19N5. The zero-order valence-electron chi connectivity index (χ0n) is 14.7. The number of fused-ring (bicyclic) bond motifs is 3. The van der Waals surface area contributed by atoms with E-state index in [-0.39, 0.29) is 0 Å². The second-order valence-electron chi connectivity index (χ2n) is 5.86. The van der Waals surface area contributed by atoms with Crippen LogP contribution in [-0.4, -0.2) is 23.2 Å². The maximum Gasteiger partial charge on any atom is 0.136 e. The third-order valence-corrected chi connectivity index (χ3v) is 4.06. The van der Waals surface area contributed by atoms with E-state index in [1.54, 1.807) is 12.5 Å². The molecule has 0 saturated carbocycles. The van der Waals surface area contributed by atoms with Gasteiger partial charge in [0.2, 0.25) is 0 Å². The minimum Gasteiger partial charge on any atom is -0.324 e. The van der Waals surface area contributed by atoms with Gasteiger partial charge in [-0.05, 0) is 48.5 Å². The van der Waals surface area contributed by atoms with Gasteiger partial charge in [-0.3, -0.25) is 0 Å². The molecule has 0 amide bonds. The maximum absolute atomic E-state index is 4.08. The van der Waals surface area contributed by atoms with Gasteiger partial charge >= 0.3 is 0 Å². The van der Waals surface area contributed by atoms with Crippen molar-refractivity contribution in [3.05, 3.63) is 116 Å². The summed E-state index contributed by atoms with van der Waals surface area (Å²) in [7, 11) is 0. The summed E-state index contributed by atoms with van der Waals surface area (Å²) in [6.07, 6.45) is 15.4. The zero-order valence-corrected chi connectivity index (χ0v) is 14.7. The summed E-state index contributed by atoms with van der Waals surface area (Å²) in [5.41, 5.74) is 3.38. The Bertz CT molecular complexity index is 998. The van der Waals surface area contributed by atoms with E-state index in [0.29, 0.717) is 0 Å². The summed E-state index contributed by atoms with van der Waals surface area (Å²) in [6.45, 7) is 0. The highest BCUT2D eigenvalue weighted by Gasteiger charge is 1.86. The van der Waals surface area contributed by atoms with Crippen LogP contribution in [-0.2, 0) is 0 Å². The van der Waals surface area contributed by atoms with Gasteiger partial charge in [0.1, 0.15) is 5.65 Å². The number of rotatable bonds is 0. The molecule has 0 aromatic carbocycles. The van der Waals surface area contributed by atoms with Crippen LogP contribution in [0.25, 0.3) is 16.7 Å². The fourth-order valence-corrected chi connectivity index (χ4v) is 2.71. The van der Waals surface area contributed by atoms with E-state index in [9.17, 15) is 0 Å². The van der Waals surface area contributed by atoms with Crippen LogP contribution >= 0.6 is 0 Å². The Morgan fingerprint density at radius 1 is 0.556 bits per heavy atom. The first kappa shape index (κ1) is 16.6. The normalized spacial score (nSPS) is 10.2. The van der Waals surface area contributed by atoms with E-state index in [0.717, 1.165) is 11.2 Å². The Kier molecular flexibility index (Phi) is 4.93. The summed E-state index contributed by atoms with van der Waals surface area (Å²) in [6, 6.07) is 22.2. The van der Waals surface area contributed by atoms with Crippen LogP contribution < -0.4 is 0 Å². The van der Waals surface area contributed by atoms with Gasteiger partial charge in [-0.15, -0.1) is 0 Å². The lowest BCUT2D eigenvalue weighted by atomic mass is 10.4. The molecule has 0 fully saturated rings. The molecule has 0 aliphatic heterocycles. The molecule has 0 atom stereocenters. The van der Waals surface area contributed by atoms with Crippen molar-refractivity contribution in [2.45, 2.75) is 0 Å². The quantitative estimate of drug-likeness (QED) is 0.400. The molecule has 5 heteroatoms. The number of hydrogen-bond acceptors (Lipinski definition) is 2. The van der Waals surface area contributed by atoms with E-state index in [1.165, 1.54) is 5.52 Å². The summed E-state index contributed by atoms with van der Waals surface area (Å²) in [4.78, 5) is 8.05. The van der Waals surface area contributed by atoms with Crippen LogP contribution in [0.3, 0.4) is 0 Å². The van der Waals surface area contributed by atoms with Crippen LogP contribution in [0.15, 0.2) is 116 Å². The minimum absolute atomic E-state index is 0.998. The number of aromatic nitrogens is 5. The minimum atomic E-state index is 0.998. The van der Waals surface area contributed by atoms with Crippen LogP contribution in [0.4, 0.5) is 0 Å².